The molecule has 0 aliphatic carbocycles. The molecule has 1 aliphatic rings. The molecule has 0 bridgehead atoms. The van der Waals surface area contributed by atoms with E-state index in [1.807, 2.05) is 0 Å². The van der Waals surface area contributed by atoms with Crippen LogP contribution < -0.4 is 5.32 Å². The lowest BCUT2D eigenvalue weighted by atomic mass is 9.99. The van der Waals surface area contributed by atoms with Gasteiger partial charge in [-0.25, -0.2) is 0 Å². The Labute approximate surface area is 106 Å². The summed E-state index contributed by atoms with van der Waals surface area (Å²) >= 11 is 0. The summed E-state index contributed by atoms with van der Waals surface area (Å²) in [5.74, 6) is -2.88. The van der Waals surface area contributed by atoms with Crippen molar-refractivity contribution in [3.8, 4) is 0 Å². The number of ether oxygens (including phenoxy) is 2. The van der Waals surface area contributed by atoms with Gasteiger partial charge in [0.15, 0.2) is 6.29 Å². The third kappa shape index (κ3) is 4.35. The topological polar surface area (TPSA) is 84.9 Å². The van der Waals surface area contributed by atoms with Crippen molar-refractivity contribution in [3.05, 3.63) is 0 Å². The quantitative estimate of drug-likeness (QED) is 0.703. The highest BCUT2D eigenvalue weighted by Gasteiger charge is 2.45. The van der Waals surface area contributed by atoms with Crippen LogP contribution in [0.2, 0.25) is 0 Å². The monoisotopic (exact) mass is 285 g/mol. The SMILES string of the molecule is CC(=O)O[C@H]1[C@@H](NC(=O)C(F)(F)F)CC(O)O[C@H]1C. The summed E-state index contributed by atoms with van der Waals surface area (Å²) in [6.07, 6.45) is -8.61. The summed E-state index contributed by atoms with van der Waals surface area (Å²) in [4.78, 5) is 21.8. The molecule has 0 aromatic carbocycles. The number of hydrogen-bond donors (Lipinski definition) is 2. The number of aliphatic hydroxyl groups is 1. The number of hydrogen-bond acceptors (Lipinski definition) is 5. The van der Waals surface area contributed by atoms with E-state index < -0.39 is 42.6 Å². The van der Waals surface area contributed by atoms with Crippen LogP contribution in [0, 0.1) is 0 Å². The number of amides is 1. The molecule has 110 valence electrons. The summed E-state index contributed by atoms with van der Waals surface area (Å²) in [7, 11) is 0. The van der Waals surface area contributed by atoms with Gasteiger partial charge in [0.05, 0.1) is 12.1 Å². The highest BCUT2D eigenvalue weighted by molar-refractivity contribution is 5.82. The molecule has 1 aliphatic heterocycles. The first-order valence-electron chi connectivity index (χ1n) is 5.49. The fourth-order valence-electron chi connectivity index (χ4n) is 1.82. The number of nitrogens with one attached hydrogen (secondary N) is 1. The standard InChI is InChI=1S/C10H14F3NO5/c1-4-8(19-5(2)15)6(3-7(16)18-4)14-9(17)10(11,12)13/h4,6-8,16H,3H2,1-2H3,(H,14,17)/t4-,6-,7?,8+/m0/s1. The third-order valence-electron chi connectivity index (χ3n) is 2.56. The predicted molar refractivity (Wildman–Crippen MR) is 54.7 cm³/mol. The van der Waals surface area contributed by atoms with Crippen LogP contribution >= 0.6 is 0 Å². The lowest BCUT2D eigenvalue weighted by molar-refractivity contribution is -0.217. The van der Waals surface area contributed by atoms with Gasteiger partial charge in [-0.3, -0.25) is 9.59 Å². The van der Waals surface area contributed by atoms with Crippen LogP contribution in [0.25, 0.3) is 0 Å². The molecule has 1 unspecified atom stereocenters. The van der Waals surface area contributed by atoms with Crippen molar-refractivity contribution >= 4 is 11.9 Å². The first-order chi connectivity index (χ1) is 8.61. The lowest BCUT2D eigenvalue weighted by Gasteiger charge is -2.38. The zero-order valence-electron chi connectivity index (χ0n) is 10.2. The van der Waals surface area contributed by atoms with E-state index in [-0.39, 0.29) is 6.42 Å². The molecule has 0 aromatic rings. The smallest absolute Gasteiger partial charge is 0.458 e. The zero-order chi connectivity index (χ0) is 14.8. The second kappa shape index (κ2) is 5.74. The third-order valence-corrected chi connectivity index (χ3v) is 2.56. The van der Waals surface area contributed by atoms with Crippen LogP contribution in [0.4, 0.5) is 13.2 Å². The Bertz CT molecular complexity index is 360. The maximum absolute atomic E-state index is 12.2. The highest BCUT2D eigenvalue weighted by Crippen LogP contribution is 2.23. The molecule has 1 fully saturated rings. The number of esters is 1. The average molecular weight is 285 g/mol. The molecule has 6 nitrogen and oxygen atoms in total. The molecule has 4 atom stereocenters. The fourth-order valence-corrected chi connectivity index (χ4v) is 1.82. The van der Waals surface area contributed by atoms with E-state index in [2.05, 4.69) is 0 Å². The minimum atomic E-state index is -5.05. The molecular weight excluding hydrogens is 271 g/mol. The van der Waals surface area contributed by atoms with Crippen molar-refractivity contribution in [3.63, 3.8) is 0 Å². The van der Waals surface area contributed by atoms with Crippen LogP contribution in [-0.2, 0) is 19.1 Å². The number of halogens is 3. The molecule has 1 amide bonds. The first kappa shape index (κ1) is 15.7. The van der Waals surface area contributed by atoms with E-state index in [0.29, 0.717) is 0 Å². The molecule has 19 heavy (non-hydrogen) atoms. The van der Waals surface area contributed by atoms with E-state index in [0.717, 1.165) is 6.92 Å². The van der Waals surface area contributed by atoms with Crippen molar-refractivity contribution in [1.29, 1.82) is 0 Å². The predicted octanol–water partition coefficient (Wildman–Crippen LogP) is 0.0924. The van der Waals surface area contributed by atoms with Gasteiger partial charge in [-0.2, -0.15) is 13.2 Å². The largest absolute Gasteiger partial charge is 0.471 e. The number of carbonyl (C=O) groups excluding carboxylic acids is 2. The Kier molecular flexibility index (Phi) is 4.75. The van der Waals surface area contributed by atoms with Crippen molar-refractivity contribution in [2.24, 2.45) is 0 Å². The second-order valence-corrected chi connectivity index (χ2v) is 4.18. The van der Waals surface area contributed by atoms with E-state index in [9.17, 15) is 27.9 Å². The molecule has 1 heterocycles. The van der Waals surface area contributed by atoms with Crippen molar-refractivity contribution in [2.45, 2.75) is 51.0 Å². The Morgan fingerprint density at radius 1 is 1.42 bits per heavy atom. The lowest BCUT2D eigenvalue weighted by Crippen LogP contribution is -2.58. The Morgan fingerprint density at radius 2 is 2.00 bits per heavy atom. The minimum Gasteiger partial charge on any atom is -0.458 e. The van der Waals surface area contributed by atoms with Gasteiger partial charge < -0.3 is 19.9 Å². The molecule has 1 saturated heterocycles. The van der Waals surface area contributed by atoms with Crippen LogP contribution in [0.3, 0.4) is 0 Å². The average Bonchev–Trinajstić information content (AvgIpc) is 2.21. The number of aliphatic hydroxyl groups excluding tert-OH is 1. The van der Waals surface area contributed by atoms with Crippen molar-refractivity contribution in [1.82, 2.24) is 5.32 Å². The number of rotatable bonds is 2. The molecule has 0 radical (unpaired) electrons. The van der Waals surface area contributed by atoms with Crippen LogP contribution in [0.1, 0.15) is 20.3 Å². The number of alkyl halides is 3. The van der Waals surface area contributed by atoms with Gasteiger partial charge in [-0.15, -0.1) is 0 Å². The van der Waals surface area contributed by atoms with Gasteiger partial charge in [-0.1, -0.05) is 0 Å². The molecule has 0 saturated carbocycles. The Hall–Kier alpha value is -1.35. The van der Waals surface area contributed by atoms with Crippen LogP contribution in [0.15, 0.2) is 0 Å². The summed E-state index contributed by atoms with van der Waals surface area (Å²) in [5.41, 5.74) is 0. The Morgan fingerprint density at radius 3 is 2.47 bits per heavy atom. The van der Waals surface area contributed by atoms with Crippen molar-refractivity contribution in [2.75, 3.05) is 0 Å². The minimum absolute atomic E-state index is 0.301. The Balaban J connectivity index is 2.79. The molecule has 2 N–H and O–H groups in total. The van der Waals surface area contributed by atoms with E-state index in [4.69, 9.17) is 9.47 Å². The van der Waals surface area contributed by atoms with Gasteiger partial charge in [0.2, 0.25) is 0 Å². The van der Waals surface area contributed by atoms with Gasteiger partial charge >= 0.3 is 18.1 Å². The maximum atomic E-state index is 12.2. The van der Waals surface area contributed by atoms with Crippen LogP contribution in [0.5, 0.6) is 0 Å². The van der Waals surface area contributed by atoms with Gasteiger partial charge in [0.1, 0.15) is 6.10 Å². The molecule has 0 spiro atoms. The first-order valence-corrected chi connectivity index (χ1v) is 5.49. The number of carbonyl (C=O) groups is 2. The molecular formula is C10H14F3NO5. The normalized spacial score (nSPS) is 31.7. The summed E-state index contributed by atoms with van der Waals surface area (Å²) in [5, 5.41) is 11.0. The zero-order valence-corrected chi connectivity index (χ0v) is 10.2. The van der Waals surface area contributed by atoms with E-state index >= 15 is 0 Å². The van der Waals surface area contributed by atoms with Crippen molar-refractivity contribution < 1.29 is 37.3 Å². The summed E-state index contributed by atoms with van der Waals surface area (Å²) < 4.78 is 46.3. The molecule has 9 heteroatoms. The van der Waals surface area contributed by atoms with Crippen LogP contribution in [-0.4, -0.2) is 47.7 Å². The van der Waals surface area contributed by atoms with Gasteiger partial charge in [-0.05, 0) is 6.92 Å². The highest BCUT2D eigenvalue weighted by atomic mass is 19.4. The van der Waals surface area contributed by atoms with E-state index in [1.54, 1.807) is 5.32 Å². The van der Waals surface area contributed by atoms with E-state index in [1.165, 1.54) is 6.92 Å². The summed E-state index contributed by atoms with van der Waals surface area (Å²) in [6, 6.07) is -1.17. The summed E-state index contributed by atoms with van der Waals surface area (Å²) in [6.45, 7) is 2.50. The maximum Gasteiger partial charge on any atom is 0.471 e. The molecule has 0 aromatic heterocycles. The fraction of sp³-hybridized carbons (Fsp3) is 0.800. The van der Waals surface area contributed by atoms with Gasteiger partial charge in [0.25, 0.3) is 0 Å². The second-order valence-electron chi connectivity index (χ2n) is 4.18. The molecule has 1 rings (SSSR count). The van der Waals surface area contributed by atoms with Gasteiger partial charge in [0, 0.05) is 13.3 Å².